The van der Waals surface area contributed by atoms with Crippen molar-refractivity contribution in [1.82, 2.24) is 0 Å². The summed E-state index contributed by atoms with van der Waals surface area (Å²) in [6.07, 6.45) is 6.41. The number of hydrogen-bond acceptors (Lipinski definition) is 2. The average Bonchev–Trinajstić information content (AvgIpc) is 2.42. The highest BCUT2D eigenvalue weighted by molar-refractivity contribution is 5.40. The Morgan fingerprint density at radius 1 is 0.833 bits per heavy atom. The number of aryl methyl sites for hydroxylation is 1. The molecule has 2 N–H and O–H groups in total. The Morgan fingerprint density at radius 2 is 1.33 bits per heavy atom. The first kappa shape index (κ1) is 19.2. The number of hydrogen-bond donors (Lipinski definition) is 2. The van der Waals surface area contributed by atoms with Crippen molar-refractivity contribution in [3.8, 4) is 11.5 Å². The van der Waals surface area contributed by atoms with E-state index in [0.29, 0.717) is 0 Å². The molecule has 18 heavy (non-hydrogen) atoms. The minimum atomic E-state index is -0.0581. The van der Waals surface area contributed by atoms with Crippen molar-refractivity contribution in [3.63, 3.8) is 0 Å². The molecule has 0 radical (unpaired) electrons. The molecule has 1 aromatic carbocycles. The van der Waals surface area contributed by atoms with Gasteiger partial charge in [0.2, 0.25) is 0 Å². The summed E-state index contributed by atoms with van der Waals surface area (Å²) < 4.78 is 0. The lowest BCUT2D eigenvalue weighted by molar-refractivity contribution is 0.403. The minimum absolute atomic E-state index is 0.0423. The molecule has 0 heterocycles. The van der Waals surface area contributed by atoms with Crippen LogP contribution in [-0.2, 0) is 6.42 Å². The summed E-state index contributed by atoms with van der Waals surface area (Å²) in [5, 5.41) is 17.9. The van der Waals surface area contributed by atoms with Crippen molar-refractivity contribution in [3.05, 3.63) is 23.8 Å². The van der Waals surface area contributed by atoms with Gasteiger partial charge in [-0.3, -0.25) is 0 Å². The number of benzene rings is 1. The van der Waals surface area contributed by atoms with Gasteiger partial charge in [-0.1, -0.05) is 66.4 Å². The molecule has 0 aliphatic carbocycles. The zero-order chi connectivity index (χ0) is 14.4. The second kappa shape index (κ2) is 13.9. The van der Waals surface area contributed by atoms with Crippen molar-refractivity contribution in [2.24, 2.45) is 0 Å². The van der Waals surface area contributed by atoms with Gasteiger partial charge < -0.3 is 10.2 Å². The molecule has 0 fully saturated rings. The third-order valence-electron chi connectivity index (χ3n) is 2.41. The highest BCUT2D eigenvalue weighted by atomic mass is 16.3. The SMILES string of the molecule is CC.CCCCCC.CCc1ccc(O)c(O)c1. The van der Waals surface area contributed by atoms with Crippen LogP contribution >= 0.6 is 0 Å². The van der Waals surface area contributed by atoms with E-state index >= 15 is 0 Å². The second-order valence-corrected chi connectivity index (χ2v) is 3.88. The van der Waals surface area contributed by atoms with Gasteiger partial charge in [-0.2, -0.15) is 0 Å². The van der Waals surface area contributed by atoms with Gasteiger partial charge in [0.05, 0.1) is 0 Å². The van der Waals surface area contributed by atoms with Crippen LogP contribution in [0, 0.1) is 0 Å². The number of unbranched alkanes of at least 4 members (excludes halogenated alkanes) is 3. The molecular formula is C16H30O2. The van der Waals surface area contributed by atoms with Crippen LogP contribution in [0.15, 0.2) is 18.2 Å². The number of phenols is 2. The fourth-order valence-electron chi connectivity index (χ4n) is 1.29. The highest BCUT2D eigenvalue weighted by Crippen LogP contribution is 2.24. The predicted octanol–water partition coefficient (Wildman–Crippen LogP) is 5.27. The Kier molecular flexibility index (Phi) is 14.8. The van der Waals surface area contributed by atoms with Crippen LogP contribution < -0.4 is 0 Å². The van der Waals surface area contributed by atoms with Crippen molar-refractivity contribution in [1.29, 1.82) is 0 Å². The topological polar surface area (TPSA) is 40.5 Å². The molecule has 106 valence electrons. The maximum atomic E-state index is 8.98. The molecule has 2 nitrogen and oxygen atoms in total. The molecule has 0 spiro atoms. The third-order valence-corrected chi connectivity index (χ3v) is 2.41. The van der Waals surface area contributed by atoms with Crippen LogP contribution in [0.1, 0.15) is 65.9 Å². The summed E-state index contributed by atoms with van der Waals surface area (Å²) in [5.41, 5.74) is 1.02. The molecule has 0 aromatic heterocycles. The average molecular weight is 254 g/mol. The maximum absolute atomic E-state index is 8.98. The Labute approximate surface area is 113 Å². The van der Waals surface area contributed by atoms with Crippen molar-refractivity contribution < 1.29 is 10.2 Å². The third kappa shape index (κ3) is 10.0. The fourth-order valence-corrected chi connectivity index (χ4v) is 1.29. The van der Waals surface area contributed by atoms with Gasteiger partial charge in [0, 0.05) is 0 Å². The van der Waals surface area contributed by atoms with Crippen molar-refractivity contribution >= 4 is 0 Å². The van der Waals surface area contributed by atoms with E-state index < -0.39 is 0 Å². The van der Waals surface area contributed by atoms with E-state index in [1.807, 2.05) is 20.8 Å². The number of aromatic hydroxyl groups is 2. The van der Waals surface area contributed by atoms with Crippen molar-refractivity contribution in [2.45, 2.75) is 66.7 Å². The largest absolute Gasteiger partial charge is 0.504 e. The highest BCUT2D eigenvalue weighted by Gasteiger charge is 1.97. The van der Waals surface area contributed by atoms with E-state index in [4.69, 9.17) is 10.2 Å². The normalized spacial score (nSPS) is 8.72. The summed E-state index contributed by atoms with van der Waals surface area (Å²) in [6.45, 7) is 10.5. The van der Waals surface area contributed by atoms with Gasteiger partial charge in [0.15, 0.2) is 11.5 Å². The molecule has 0 bridgehead atoms. The molecule has 0 unspecified atom stereocenters. The molecule has 1 aromatic rings. The zero-order valence-electron chi connectivity index (χ0n) is 12.7. The Hall–Kier alpha value is -1.18. The lowest BCUT2D eigenvalue weighted by Crippen LogP contribution is -1.77. The first-order valence-corrected chi connectivity index (χ1v) is 7.16. The lowest BCUT2D eigenvalue weighted by Gasteiger charge is -1.98. The smallest absolute Gasteiger partial charge is 0.157 e. The van der Waals surface area contributed by atoms with Crippen LogP contribution in [-0.4, -0.2) is 10.2 Å². The minimum Gasteiger partial charge on any atom is -0.504 e. The van der Waals surface area contributed by atoms with Crippen LogP contribution in [0.2, 0.25) is 0 Å². The second-order valence-electron chi connectivity index (χ2n) is 3.88. The molecule has 0 aliphatic heterocycles. The monoisotopic (exact) mass is 254 g/mol. The maximum Gasteiger partial charge on any atom is 0.157 e. The lowest BCUT2D eigenvalue weighted by atomic mass is 10.1. The summed E-state index contributed by atoms with van der Waals surface area (Å²) in [6, 6.07) is 4.85. The van der Waals surface area contributed by atoms with Crippen LogP contribution in [0.5, 0.6) is 11.5 Å². The molecular weight excluding hydrogens is 224 g/mol. The molecule has 0 saturated heterocycles. The van der Waals surface area contributed by atoms with Crippen LogP contribution in [0.4, 0.5) is 0 Å². The first-order valence-electron chi connectivity index (χ1n) is 7.16. The standard InChI is InChI=1S/C8H10O2.C6H14.C2H6/c1-2-6-3-4-7(9)8(10)5-6;1-3-5-6-4-2;1-2/h3-5,9-10H,2H2,1H3;3-6H2,1-2H3;1-2H3. The molecule has 0 amide bonds. The summed E-state index contributed by atoms with van der Waals surface area (Å²) in [5.74, 6) is -0.100. The first-order chi connectivity index (χ1) is 8.65. The van der Waals surface area contributed by atoms with Gasteiger partial charge in [-0.25, -0.2) is 0 Å². The molecule has 0 saturated carbocycles. The van der Waals surface area contributed by atoms with E-state index in [0.717, 1.165) is 12.0 Å². The van der Waals surface area contributed by atoms with E-state index in [9.17, 15) is 0 Å². The molecule has 0 atom stereocenters. The Bertz CT molecular complexity index is 278. The fraction of sp³-hybridized carbons (Fsp3) is 0.625. The van der Waals surface area contributed by atoms with Crippen molar-refractivity contribution in [2.75, 3.05) is 0 Å². The summed E-state index contributed by atoms with van der Waals surface area (Å²) >= 11 is 0. The van der Waals surface area contributed by atoms with E-state index in [2.05, 4.69) is 13.8 Å². The van der Waals surface area contributed by atoms with Gasteiger partial charge in [0.1, 0.15) is 0 Å². The quantitative estimate of drug-likeness (QED) is 0.567. The summed E-state index contributed by atoms with van der Waals surface area (Å²) in [4.78, 5) is 0. The zero-order valence-corrected chi connectivity index (χ0v) is 12.7. The molecule has 1 rings (SSSR count). The van der Waals surface area contributed by atoms with E-state index in [1.165, 1.54) is 31.7 Å². The molecule has 0 aliphatic rings. The number of phenolic OH excluding ortho intramolecular Hbond substituents is 2. The van der Waals surface area contributed by atoms with Gasteiger partial charge in [-0.15, -0.1) is 0 Å². The van der Waals surface area contributed by atoms with Crippen LogP contribution in [0.3, 0.4) is 0 Å². The van der Waals surface area contributed by atoms with E-state index in [-0.39, 0.29) is 11.5 Å². The number of rotatable bonds is 4. The molecule has 2 heteroatoms. The Morgan fingerprint density at radius 3 is 1.67 bits per heavy atom. The Balaban J connectivity index is 0. The van der Waals surface area contributed by atoms with E-state index in [1.54, 1.807) is 12.1 Å². The van der Waals surface area contributed by atoms with Gasteiger partial charge >= 0.3 is 0 Å². The predicted molar refractivity (Wildman–Crippen MR) is 80.3 cm³/mol. The van der Waals surface area contributed by atoms with Gasteiger partial charge in [0.25, 0.3) is 0 Å². The van der Waals surface area contributed by atoms with Gasteiger partial charge in [-0.05, 0) is 24.1 Å². The van der Waals surface area contributed by atoms with Crippen LogP contribution in [0.25, 0.3) is 0 Å². The summed E-state index contributed by atoms with van der Waals surface area (Å²) in [7, 11) is 0.